The largest absolute Gasteiger partial charge is 0.0993 e. The van der Waals surface area contributed by atoms with Gasteiger partial charge in [-0.25, -0.2) is 0 Å². The minimum Gasteiger partial charge on any atom is -0.0993 e. The standard InChI is InChI=1S/C14H16/c1-10-11-6-7-12(10)9-14-5-3-2-4-13(14)8-11/h2-5,11-12H,1,6-9H2. The Balaban J connectivity index is 2.06. The molecule has 0 heterocycles. The molecule has 2 aliphatic carbocycles. The second-order valence-corrected chi connectivity index (χ2v) is 4.72. The zero-order valence-electron chi connectivity index (χ0n) is 8.50. The second kappa shape index (κ2) is 2.98. The molecule has 1 aromatic rings. The highest BCUT2D eigenvalue weighted by atomic mass is 14.4. The fourth-order valence-corrected chi connectivity index (χ4v) is 3.06. The van der Waals surface area contributed by atoms with Crippen molar-refractivity contribution in [2.45, 2.75) is 25.7 Å². The summed E-state index contributed by atoms with van der Waals surface area (Å²) in [6.07, 6.45) is 5.23. The van der Waals surface area contributed by atoms with Crippen molar-refractivity contribution in [3.8, 4) is 0 Å². The number of benzene rings is 1. The van der Waals surface area contributed by atoms with Gasteiger partial charge in [0.2, 0.25) is 0 Å². The van der Waals surface area contributed by atoms with Crippen LogP contribution in [-0.2, 0) is 12.8 Å². The first-order valence-electron chi connectivity index (χ1n) is 5.60. The Labute approximate surface area is 85.6 Å². The Bertz CT molecular complexity index is 340. The third-order valence-corrected chi connectivity index (χ3v) is 3.96. The van der Waals surface area contributed by atoms with E-state index in [4.69, 9.17) is 0 Å². The molecule has 0 spiro atoms. The molecule has 0 N–H and O–H groups in total. The van der Waals surface area contributed by atoms with Crippen molar-refractivity contribution in [2.24, 2.45) is 11.8 Å². The van der Waals surface area contributed by atoms with Crippen molar-refractivity contribution in [1.82, 2.24) is 0 Å². The van der Waals surface area contributed by atoms with Crippen LogP contribution >= 0.6 is 0 Å². The number of hydrogen-bond acceptors (Lipinski definition) is 0. The highest BCUT2D eigenvalue weighted by molar-refractivity contribution is 5.34. The average molecular weight is 184 g/mol. The van der Waals surface area contributed by atoms with E-state index < -0.39 is 0 Å². The Morgan fingerprint density at radius 2 is 1.43 bits per heavy atom. The van der Waals surface area contributed by atoms with Crippen LogP contribution in [-0.4, -0.2) is 0 Å². The van der Waals surface area contributed by atoms with Crippen LogP contribution in [0.3, 0.4) is 0 Å². The normalized spacial score (nSPS) is 29.9. The minimum atomic E-state index is 0.781. The topological polar surface area (TPSA) is 0 Å². The quantitative estimate of drug-likeness (QED) is 0.542. The zero-order valence-corrected chi connectivity index (χ0v) is 8.50. The van der Waals surface area contributed by atoms with Gasteiger partial charge in [0.15, 0.2) is 0 Å². The Kier molecular flexibility index (Phi) is 1.76. The molecular weight excluding hydrogens is 168 g/mol. The van der Waals surface area contributed by atoms with Gasteiger partial charge < -0.3 is 0 Å². The van der Waals surface area contributed by atoms with Gasteiger partial charge in [-0.1, -0.05) is 36.4 Å². The molecule has 0 amide bonds. The fourth-order valence-electron chi connectivity index (χ4n) is 3.06. The highest BCUT2D eigenvalue weighted by Crippen LogP contribution is 2.42. The fraction of sp³-hybridized carbons (Fsp3) is 0.429. The molecule has 0 aromatic heterocycles. The molecule has 2 aliphatic rings. The molecular formula is C14H16. The van der Waals surface area contributed by atoms with Gasteiger partial charge >= 0.3 is 0 Å². The molecule has 0 heteroatoms. The van der Waals surface area contributed by atoms with E-state index in [1.54, 1.807) is 11.1 Å². The van der Waals surface area contributed by atoms with Crippen LogP contribution in [0.2, 0.25) is 0 Å². The van der Waals surface area contributed by atoms with Crippen LogP contribution < -0.4 is 0 Å². The van der Waals surface area contributed by atoms with Gasteiger partial charge in [-0.2, -0.15) is 0 Å². The Morgan fingerprint density at radius 3 is 1.93 bits per heavy atom. The summed E-state index contributed by atoms with van der Waals surface area (Å²) in [5.74, 6) is 1.56. The van der Waals surface area contributed by atoms with Gasteiger partial charge in [0, 0.05) is 0 Å². The predicted molar refractivity (Wildman–Crippen MR) is 59.2 cm³/mol. The summed E-state index contributed by atoms with van der Waals surface area (Å²) >= 11 is 0. The van der Waals surface area contributed by atoms with E-state index in [-0.39, 0.29) is 0 Å². The minimum absolute atomic E-state index is 0.781. The van der Waals surface area contributed by atoms with Crippen LogP contribution in [0.4, 0.5) is 0 Å². The summed E-state index contributed by atoms with van der Waals surface area (Å²) in [5, 5.41) is 0. The molecule has 2 unspecified atom stereocenters. The lowest BCUT2D eigenvalue weighted by Gasteiger charge is -2.11. The van der Waals surface area contributed by atoms with E-state index in [9.17, 15) is 0 Å². The molecule has 1 saturated carbocycles. The maximum Gasteiger partial charge on any atom is -0.0162 e. The monoisotopic (exact) mass is 184 g/mol. The van der Waals surface area contributed by atoms with Crippen LogP contribution in [0.1, 0.15) is 24.0 Å². The van der Waals surface area contributed by atoms with Crippen molar-refractivity contribution in [3.63, 3.8) is 0 Å². The summed E-state index contributed by atoms with van der Waals surface area (Å²) in [6, 6.07) is 8.92. The van der Waals surface area contributed by atoms with E-state index in [0.717, 1.165) is 11.8 Å². The first-order chi connectivity index (χ1) is 6.84. The van der Waals surface area contributed by atoms with E-state index >= 15 is 0 Å². The average Bonchev–Trinajstić information content (AvgIpc) is 2.44. The summed E-state index contributed by atoms with van der Waals surface area (Å²) in [6.45, 7) is 4.28. The molecule has 2 bridgehead atoms. The zero-order chi connectivity index (χ0) is 9.54. The second-order valence-electron chi connectivity index (χ2n) is 4.72. The lowest BCUT2D eigenvalue weighted by atomic mass is 9.94. The summed E-state index contributed by atoms with van der Waals surface area (Å²) in [7, 11) is 0. The number of rotatable bonds is 0. The number of hydrogen-bond donors (Lipinski definition) is 0. The van der Waals surface area contributed by atoms with Gasteiger partial charge in [0.05, 0.1) is 0 Å². The lowest BCUT2D eigenvalue weighted by Crippen LogP contribution is -2.01. The van der Waals surface area contributed by atoms with Crippen molar-refractivity contribution in [1.29, 1.82) is 0 Å². The predicted octanol–water partition coefficient (Wildman–Crippen LogP) is 3.37. The molecule has 1 aromatic carbocycles. The summed E-state index contributed by atoms with van der Waals surface area (Å²) in [5.41, 5.74) is 4.67. The van der Waals surface area contributed by atoms with Gasteiger partial charge in [-0.05, 0) is 48.6 Å². The maximum atomic E-state index is 4.28. The molecule has 3 rings (SSSR count). The van der Waals surface area contributed by atoms with E-state index in [2.05, 4.69) is 30.8 Å². The van der Waals surface area contributed by atoms with Gasteiger partial charge in [0.1, 0.15) is 0 Å². The highest BCUT2D eigenvalue weighted by Gasteiger charge is 2.32. The molecule has 72 valence electrons. The molecule has 2 atom stereocenters. The van der Waals surface area contributed by atoms with Gasteiger partial charge in [-0.15, -0.1) is 0 Å². The maximum absolute atomic E-state index is 4.28. The first-order valence-corrected chi connectivity index (χ1v) is 5.60. The van der Waals surface area contributed by atoms with Crippen LogP contribution in [0.25, 0.3) is 0 Å². The van der Waals surface area contributed by atoms with Crippen molar-refractivity contribution >= 4 is 0 Å². The van der Waals surface area contributed by atoms with Crippen molar-refractivity contribution < 1.29 is 0 Å². The molecule has 1 fully saturated rings. The van der Waals surface area contributed by atoms with Crippen LogP contribution in [0, 0.1) is 11.8 Å². The van der Waals surface area contributed by atoms with E-state index in [1.165, 1.54) is 31.3 Å². The summed E-state index contributed by atoms with van der Waals surface area (Å²) < 4.78 is 0. The molecule has 0 aliphatic heterocycles. The van der Waals surface area contributed by atoms with Crippen molar-refractivity contribution in [2.75, 3.05) is 0 Å². The van der Waals surface area contributed by atoms with Crippen LogP contribution in [0.5, 0.6) is 0 Å². The van der Waals surface area contributed by atoms with Gasteiger partial charge in [0.25, 0.3) is 0 Å². The SMILES string of the molecule is C=C1C2CCC1Cc1ccccc1C2. The lowest BCUT2D eigenvalue weighted by molar-refractivity contribution is 0.593. The molecule has 0 radical (unpaired) electrons. The number of allylic oxidation sites excluding steroid dienone is 1. The third kappa shape index (κ3) is 1.13. The van der Waals surface area contributed by atoms with Gasteiger partial charge in [-0.3, -0.25) is 0 Å². The molecule has 14 heavy (non-hydrogen) atoms. The number of fused-ring (bicyclic) bond motifs is 3. The Morgan fingerprint density at radius 1 is 0.929 bits per heavy atom. The van der Waals surface area contributed by atoms with E-state index in [0.29, 0.717) is 0 Å². The smallest absolute Gasteiger partial charge is 0.0162 e. The van der Waals surface area contributed by atoms with Crippen molar-refractivity contribution in [3.05, 3.63) is 47.5 Å². The Hall–Kier alpha value is -1.04. The third-order valence-electron chi connectivity index (χ3n) is 3.96. The molecule has 0 saturated heterocycles. The van der Waals surface area contributed by atoms with E-state index in [1.807, 2.05) is 0 Å². The molecule has 0 nitrogen and oxygen atoms in total. The van der Waals surface area contributed by atoms with Crippen LogP contribution in [0.15, 0.2) is 36.4 Å². The summed E-state index contributed by atoms with van der Waals surface area (Å²) in [4.78, 5) is 0. The first kappa shape index (κ1) is 8.28.